The van der Waals surface area contributed by atoms with Gasteiger partial charge in [-0.05, 0) is 69.9 Å². The Hall–Kier alpha value is -1.96. The summed E-state index contributed by atoms with van der Waals surface area (Å²) in [5, 5.41) is 13.6. The van der Waals surface area contributed by atoms with Crippen molar-refractivity contribution >= 4 is 5.69 Å². The summed E-state index contributed by atoms with van der Waals surface area (Å²) in [6.45, 7) is 12.5. The van der Waals surface area contributed by atoms with Crippen LogP contribution in [0.15, 0.2) is 24.3 Å². The number of phenolic OH excluding ortho intramolecular Hbond substituents is 1. The Morgan fingerprint density at radius 2 is 1.48 bits per heavy atom. The first-order chi connectivity index (χ1) is 9.81. The molecule has 2 aromatic carbocycles. The van der Waals surface area contributed by atoms with Crippen LogP contribution in [-0.4, -0.2) is 5.11 Å². The number of nitrogens with one attached hydrogen (secondary N) is 1. The second-order valence-electron chi connectivity index (χ2n) is 6.08. The van der Waals surface area contributed by atoms with Gasteiger partial charge in [0.25, 0.3) is 0 Å². The third-order valence-corrected chi connectivity index (χ3v) is 4.18. The van der Waals surface area contributed by atoms with Crippen LogP contribution in [0.4, 0.5) is 5.69 Å². The van der Waals surface area contributed by atoms with E-state index in [1.165, 1.54) is 22.3 Å². The molecule has 2 N–H and O–H groups in total. The predicted octanol–water partition coefficient (Wildman–Crippen LogP) is 5.11. The summed E-state index contributed by atoms with van der Waals surface area (Å²) < 4.78 is 0. The number of anilines is 1. The topological polar surface area (TPSA) is 32.3 Å². The Balaban J connectivity index is 2.35. The van der Waals surface area contributed by atoms with Crippen molar-refractivity contribution in [3.05, 3.63) is 57.6 Å². The first-order valence-corrected chi connectivity index (χ1v) is 7.44. The smallest absolute Gasteiger partial charge is 0.123 e. The molecule has 0 saturated heterocycles. The van der Waals surface area contributed by atoms with Crippen molar-refractivity contribution in [2.75, 3.05) is 5.32 Å². The van der Waals surface area contributed by atoms with E-state index < -0.39 is 0 Å². The van der Waals surface area contributed by atoms with E-state index in [2.05, 4.69) is 45.1 Å². The standard InChI is InChI=1S/C19H25NO/c1-11-9-13(3)18(14(4)10-11)16(6)20-17-8-7-12(2)19(21)15(17)5/h7-10,16,20-21H,1-6H3. The molecule has 1 unspecified atom stereocenters. The lowest BCUT2D eigenvalue weighted by Gasteiger charge is -2.22. The maximum atomic E-state index is 10.1. The first kappa shape index (κ1) is 15.4. The number of hydrogen-bond acceptors (Lipinski definition) is 2. The van der Waals surface area contributed by atoms with Crippen LogP contribution in [0.5, 0.6) is 5.75 Å². The molecule has 2 aromatic rings. The Kier molecular flexibility index (Phi) is 4.26. The molecule has 0 aromatic heterocycles. The van der Waals surface area contributed by atoms with Crippen LogP contribution in [0.3, 0.4) is 0 Å². The summed E-state index contributed by atoms with van der Waals surface area (Å²) in [4.78, 5) is 0. The summed E-state index contributed by atoms with van der Waals surface area (Å²) in [5.41, 5.74) is 8.05. The quantitative estimate of drug-likeness (QED) is 0.820. The lowest BCUT2D eigenvalue weighted by Crippen LogP contribution is -2.11. The third kappa shape index (κ3) is 3.05. The molecule has 1 atom stereocenters. The maximum Gasteiger partial charge on any atom is 0.123 e. The molecule has 0 spiro atoms. The molecule has 0 amide bonds. The van der Waals surface area contributed by atoms with Crippen LogP contribution >= 0.6 is 0 Å². The minimum Gasteiger partial charge on any atom is -0.507 e. The van der Waals surface area contributed by atoms with Gasteiger partial charge < -0.3 is 10.4 Å². The zero-order valence-electron chi connectivity index (χ0n) is 13.8. The summed E-state index contributed by atoms with van der Waals surface area (Å²) in [7, 11) is 0. The second kappa shape index (κ2) is 5.80. The van der Waals surface area contributed by atoms with Crippen LogP contribution in [0.2, 0.25) is 0 Å². The molecule has 112 valence electrons. The molecule has 0 bridgehead atoms. The van der Waals surface area contributed by atoms with Crippen molar-refractivity contribution in [1.29, 1.82) is 0 Å². The molecular formula is C19H25NO. The summed E-state index contributed by atoms with van der Waals surface area (Å²) >= 11 is 0. The highest BCUT2D eigenvalue weighted by Crippen LogP contribution is 2.32. The lowest BCUT2D eigenvalue weighted by molar-refractivity contribution is 0.467. The van der Waals surface area contributed by atoms with Gasteiger partial charge >= 0.3 is 0 Å². The van der Waals surface area contributed by atoms with Crippen molar-refractivity contribution < 1.29 is 5.11 Å². The molecule has 0 aliphatic heterocycles. The van der Waals surface area contributed by atoms with Gasteiger partial charge in [-0.2, -0.15) is 0 Å². The van der Waals surface area contributed by atoms with Gasteiger partial charge in [0.15, 0.2) is 0 Å². The van der Waals surface area contributed by atoms with Crippen molar-refractivity contribution in [3.8, 4) is 5.75 Å². The fraction of sp³-hybridized carbons (Fsp3) is 0.368. The Morgan fingerprint density at radius 3 is 2.05 bits per heavy atom. The minimum atomic E-state index is 0.200. The fourth-order valence-electron chi connectivity index (χ4n) is 3.17. The van der Waals surface area contributed by atoms with Crippen LogP contribution in [0.25, 0.3) is 0 Å². The van der Waals surface area contributed by atoms with E-state index in [-0.39, 0.29) is 6.04 Å². The van der Waals surface area contributed by atoms with Gasteiger partial charge in [-0.15, -0.1) is 0 Å². The van der Waals surface area contributed by atoms with Crippen molar-refractivity contribution in [2.24, 2.45) is 0 Å². The van der Waals surface area contributed by atoms with Crippen LogP contribution in [0.1, 0.15) is 46.3 Å². The minimum absolute atomic E-state index is 0.200. The lowest BCUT2D eigenvalue weighted by atomic mass is 9.94. The highest BCUT2D eigenvalue weighted by atomic mass is 16.3. The molecule has 0 heterocycles. The molecule has 0 aliphatic rings. The van der Waals surface area contributed by atoms with E-state index >= 15 is 0 Å². The predicted molar refractivity (Wildman–Crippen MR) is 90.3 cm³/mol. The Labute approximate surface area is 127 Å². The molecule has 2 heteroatoms. The molecule has 0 radical (unpaired) electrons. The molecule has 0 aliphatic carbocycles. The number of rotatable bonds is 3. The first-order valence-electron chi connectivity index (χ1n) is 7.44. The highest BCUT2D eigenvalue weighted by Gasteiger charge is 2.14. The molecule has 21 heavy (non-hydrogen) atoms. The van der Waals surface area contributed by atoms with E-state index in [1.807, 2.05) is 26.0 Å². The monoisotopic (exact) mass is 283 g/mol. The average molecular weight is 283 g/mol. The largest absolute Gasteiger partial charge is 0.507 e. The molecule has 0 fully saturated rings. The fourth-order valence-corrected chi connectivity index (χ4v) is 3.17. The average Bonchev–Trinajstić information content (AvgIpc) is 2.38. The zero-order chi connectivity index (χ0) is 15.7. The maximum absolute atomic E-state index is 10.1. The van der Waals surface area contributed by atoms with Gasteiger partial charge in [-0.25, -0.2) is 0 Å². The van der Waals surface area contributed by atoms with E-state index in [1.54, 1.807) is 0 Å². The van der Waals surface area contributed by atoms with Crippen LogP contribution in [0, 0.1) is 34.6 Å². The molecule has 2 rings (SSSR count). The number of aromatic hydroxyl groups is 1. The van der Waals surface area contributed by atoms with E-state index in [9.17, 15) is 5.11 Å². The van der Waals surface area contributed by atoms with E-state index in [4.69, 9.17) is 0 Å². The van der Waals surface area contributed by atoms with Gasteiger partial charge in [-0.3, -0.25) is 0 Å². The van der Waals surface area contributed by atoms with Gasteiger partial charge in [0.2, 0.25) is 0 Å². The van der Waals surface area contributed by atoms with Crippen LogP contribution in [-0.2, 0) is 0 Å². The SMILES string of the molecule is Cc1cc(C)c(C(C)Nc2ccc(C)c(O)c2C)c(C)c1. The second-order valence-corrected chi connectivity index (χ2v) is 6.08. The third-order valence-electron chi connectivity index (χ3n) is 4.18. The van der Waals surface area contributed by atoms with Gasteiger partial charge in [0, 0.05) is 17.3 Å². The zero-order valence-corrected chi connectivity index (χ0v) is 13.8. The van der Waals surface area contributed by atoms with Crippen molar-refractivity contribution in [1.82, 2.24) is 0 Å². The number of phenols is 1. The summed E-state index contributed by atoms with van der Waals surface area (Å²) in [6, 6.07) is 8.64. The number of benzene rings is 2. The summed E-state index contributed by atoms with van der Waals surface area (Å²) in [6.07, 6.45) is 0. The number of hydrogen-bond donors (Lipinski definition) is 2. The van der Waals surface area contributed by atoms with Crippen molar-refractivity contribution in [2.45, 2.75) is 47.6 Å². The molecular weight excluding hydrogens is 258 g/mol. The Bertz CT molecular complexity index is 651. The van der Waals surface area contributed by atoms with E-state index in [0.29, 0.717) is 5.75 Å². The van der Waals surface area contributed by atoms with Crippen LogP contribution < -0.4 is 5.32 Å². The highest BCUT2D eigenvalue weighted by molar-refractivity contribution is 5.60. The summed E-state index contributed by atoms with van der Waals surface area (Å²) in [5.74, 6) is 0.379. The van der Waals surface area contributed by atoms with E-state index in [0.717, 1.165) is 16.8 Å². The van der Waals surface area contributed by atoms with Gasteiger partial charge in [-0.1, -0.05) is 23.8 Å². The van der Waals surface area contributed by atoms with Gasteiger partial charge in [0.05, 0.1) is 0 Å². The molecule has 0 saturated carbocycles. The number of aryl methyl sites for hydroxylation is 4. The Morgan fingerprint density at radius 1 is 0.905 bits per heavy atom. The van der Waals surface area contributed by atoms with Crippen molar-refractivity contribution in [3.63, 3.8) is 0 Å². The molecule has 2 nitrogen and oxygen atoms in total. The van der Waals surface area contributed by atoms with Gasteiger partial charge in [0.1, 0.15) is 5.75 Å². The normalized spacial score (nSPS) is 12.3.